The molecule has 0 unspecified atom stereocenters. The van der Waals surface area contributed by atoms with Gasteiger partial charge >= 0.3 is 0 Å². The topological polar surface area (TPSA) is 35.8 Å². The Bertz CT molecular complexity index is 674. The van der Waals surface area contributed by atoms with E-state index in [0.29, 0.717) is 12.5 Å². The molecule has 0 amide bonds. The molecular formula is C22H26N2. The van der Waals surface area contributed by atoms with Crippen LogP contribution >= 0.6 is 0 Å². The summed E-state index contributed by atoms with van der Waals surface area (Å²) in [6.07, 6.45) is 5.37. The van der Waals surface area contributed by atoms with Gasteiger partial charge in [-0.05, 0) is 47.8 Å². The molecule has 124 valence electrons. The second-order valence-electron chi connectivity index (χ2n) is 7.36. The fourth-order valence-corrected chi connectivity index (χ4v) is 3.59. The van der Waals surface area contributed by atoms with E-state index in [9.17, 15) is 0 Å². The first-order chi connectivity index (χ1) is 11.7. The van der Waals surface area contributed by atoms with Crippen LogP contribution in [-0.2, 0) is 6.54 Å². The number of nitrogens with one attached hydrogen (secondary N) is 1. The molecule has 2 nitrogen and oxygen atoms in total. The van der Waals surface area contributed by atoms with Gasteiger partial charge < -0.3 is 5.32 Å². The highest BCUT2D eigenvalue weighted by Crippen LogP contribution is 2.38. The third-order valence-electron chi connectivity index (χ3n) is 5.35. The summed E-state index contributed by atoms with van der Waals surface area (Å²) in [5.41, 5.74) is 4.11. The molecule has 3 rings (SSSR count). The highest BCUT2D eigenvalue weighted by Gasteiger charge is 2.30. The van der Waals surface area contributed by atoms with Crippen molar-refractivity contribution >= 4 is 0 Å². The molecule has 0 heterocycles. The largest absolute Gasteiger partial charge is 0.310 e. The first-order valence-electron chi connectivity index (χ1n) is 8.93. The zero-order valence-corrected chi connectivity index (χ0v) is 14.5. The molecule has 1 fully saturated rings. The zero-order chi connectivity index (χ0) is 16.8. The van der Waals surface area contributed by atoms with Gasteiger partial charge in [-0.15, -0.1) is 0 Å². The fourth-order valence-electron chi connectivity index (χ4n) is 3.59. The maximum atomic E-state index is 8.94. The second kappa shape index (κ2) is 7.64. The van der Waals surface area contributed by atoms with Crippen molar-refractivity contribution in [1.82, 2.24) is 5.32 Å². The number of hydrogen-bond acceptors (Lipinski definition) is 2. The van der Waals surface area contributed by atoms with Crippen LogP contribution in [0.25, 0.3) is 11.1 Å². The number of benzene rings is 2. The Morgan fingerprint density at radius 2 is 1.62 bits per heavy atom. The van der Waals surface area contributed by atoms with E-state index in [0.717, 1.165) is 19.4 Å². The van der Waals surface area contributed by atoms with E-state index in [-0.39, 0.29) is 5.41 Å². The van der Waals surface area contributed by atoms with Crippen molar-refractivity contribution in [3.05, 3.63) is 60.2 Å². The van der Waals surface area contributed by atoms with Crippen LogP contribution in [0.2, 0.25) is 0 Å². The summed E-state index contributed by atoms with van der Waals surface area (Å²) in [6, 6.07) is 22.3. The van der Waals surface area contributed by atoms with Gasteiger partial charge in [-0.25, -0.2) is 0 Å². The predicted molar refractivity (Wildman–Crippen MR) is 99.3 cm³/mol. The van der Waals surface area contributed by atoms with Gasteiger partial charge in [-0.2, -0.15) is 5.26 Å². The van der Waals surface area contributed by atoms with Crippen molar-refractivity contribution in [3.8, 4) is 17.2 Å². The fraction of sp³-hybridized carbons (Fsp3) is 0.409. The van der Waals surface area contributed by atoms with Gasteiger partial charge in [-0.1, -0.05) is 61.5 Å². The van der Waals surface area contributed by atoms with E-state index in [1.54, 1.807) is 0 Å². The van der Waals surface area contributed by atoms with Crippen LogP contribution in [0.15, 0.2) is 54.6 Å². The third-order valence-corrected chi connectivity index (χ3v) is 5.35. The van der Waals surface area contributed by atoms with E-state index in [1.807, 2.05) is 6.07 Å². The van der Waals surface area contributed by atoms with Gasteiger partial charge in [0.15, 0.2) is 0 Å². The van der Waals surface area contributed by atoms with Crippen LogP contribution in [0.1, 0.15) is 44.6 Å². The summed E-state index contributed by atoms with van der Waals surface area (Å²) in [6.45, 7) is 3.18. The highest BCUT2D eigenvalue weighted by molar-refractivity contribution is 5.63. The summed E-state index contributed by atoms with van der Waals surface area (Å²) in [5, 5.41) is 12.6. The lowest BCUT2D eigenvalue weighted by Gasteiger charge is -2.36. The van der Waals surface area contributed by atoms with E-state index < -0.39 is 0 Å². The summed E-state index contributed by atoms with van der Waals surface area (Å²) >= 11 is 0. The first kappa shape index (κ1) is 16.7. The van der Waals surface area contributed by atoms with E-state index in [1.165, 1.54) is 29.5 Å². The molecule has 0 atom stereocenters. The normalized spacial score (nSPS) is 23.6. The number of nitriles is 1. The van der Waals surface area contributed by atoms with Crippen LogP contribution in [-0.4, -0.2) is 6.04 Å². The highest BCUT2D eigenvalue weighted by atomic mass is 14.9. The molecule has 1 saturated carbocycles. The molecule has 2 aromatic carbocycles. The lowest BCUT2D eigenvalue weighted by Crippen LogP contribution is -2.36. The molecule has 0 saturated heterocycles. The molecule has 1 N–H and O–H groups in total. The molecule has 0 bridgehead atoms. The molecule has 24 heavy (non-hydrogen) atoms. The molecule has 1 aliphatic rings. The Kier molecular flexibility index (Phi) is 5.33. The Labute approximate surface area is 145 Å². The lowest BCUT2D eigenvalue weighted by atomic mass is 9.72. The van der Waals surface area contributed by atoms with Crippen molar-refractivity contribution in [2.45, 2.75) is 51.6 Å². The van der Waals surface area contributed by atoms with Gasteiger partial charge in [-0.3, -0.25) is 0 Å². The number of rotatable bonds is 5. The molecule has 0 aliphatic heterocycles. The predicted octanol–water partition coefficient (Wildman–Crippen LogP) is 5.31. The average molecular weight is 318 g/mol. The van der Waals surface area contributed by atoms with E-state index >= 15 is 0 Å². The van der Waals surface area contributed by atoms with Crippen LogP contribution in [0.4, 0.5) is 0 Å². The smallest absolute Gasteiger partial charge is 0.0627 e. The Morgan fingerprint density at radius 1 is 1.00 bits per heavy atom. The van der Waals surface area contributed by atoms with Gasteiger partial charge in [0.2, 0.25) is 0 Å². The minimum atomic E-state index is 0.240. The summed E-state index contributed by atoms with van der Waals surface area (Å²) < 4.78 is 0. The molecular weight excluding hydrogens is 292 g/mol. The maximum Gasteiger partial charge on any atom is 0.0627 e. The summed E-state index contributed by atoms with van der Waals surface area (Å²) in [7, 11) is 0. The Hall–Kier alpha value is -2.11. The van der Waals surface area contributed by atoms with Crippen LogP contribution in [0.3, 0.4) is 0 Å². The lowest BCUT2D eigenvalue weighted by molar-refractivity contribution is 0.188. The monoisotopic (exact) mass is 318 g/mol. The van der Waals surface area contributed by atoms with Crippen molar-refractivity contribution in [3.63, 3.8) is 0 Å². The van der Waals surface area contributed by atoms with Crippen molar-refractivity contribution < 1.29 is 0 Å². The first-order valence-corrected chi connectivity index (χ1v) is 8.93. The third kappa shape index (κ3) is 4.24. The van der Waals surface area contributed by atoms with Gasteiger partial charge in [0.1, 0.15) is 0 Å². The molecule has 2 aromatic rings. The average Bonchev–Trinajstić information content (AvgIpc) is 2.63. The summed E-state index contributed by atoms with van der Waals surface area (Å²) in [4.78, 5) is 0. The number of nitrogens with zero attached hydrogens (tertiary/aromatic N) is 1. The molecule has 0 radical (unpaired) electrons. The van der Waals surface area contributed by atoms with Gasteiger partial charge in [0, 0.05) is 19.0 Å². The Morgan fingerprint density at radius 3 is 2.25 bits per heavy atom. The van der Waals surface area contributed by atoms with Crippen LogP contribution in [0, 0.1) is 16.7 Å². The molecule has 1 aliphatic carbocycles. The molecule has 0 spiro atoms. The minimum Gasteiger partial charge on any atom is -0.310 e. The van der Waals surface area contributed by atoms with Crippen molar-refractivity contribution in [1.29, 1.82) is 5.26 Å². The zero-order valence-electron chi connectivity index (χ0n) is 14.5. The van der Waals surface area contributed by atoms with Gasteiger partial charge in [0.05, 0.1) is 6.07 Å². The quantitative estimate of drug-likeness (QED) is 0.811. The second-order valence-corrected chi connectivity index (χ2v) is 7.36. The SMILES string of the molecule is C[C@]1(CC#N)CC[C@H](NCc2ccc(-c3ccccc3)cc2)CC1. The van der Waals surface area contributed by atoms with Gasteiger partial charge in [0.25, 0.3) is 0 Å². The molecule has 2 heteroatoms. The number of hydrogen-bond donors (Lipinski definition) is 1. The van der Waals surface area contributed by atoms with Crippen molar-refractivity contribution in [2.75, 3.05) is 0 Å². The van der Waals surface area contributed by atoms with Crippen LogP contribution in [0.5, 0.6) is 0 Å². The maximum absolute atomic E-state index is 8.94. The minimum absolute atomic E-state index is 0.240. The standard InChI is InChI=1S/C22H26N2/c1-22(15-16-23)13-11-21(12-14-22)24-17-18-7-9-20(10-8-18)19-5-3-2-4-6-19/h2-10,21,24H,11-15,17H2,1H3/t21-,22-. The van der Waals surface area contributed by atoms with Crippen LogP contribution < -0.4 is 5.32 Å². The summed E-state index contributed by atoms with van der Waals surface area (Å²) in [5.74, 6) is 0. The molecule has 0 aromatic heterocycles. The van der Waals surface area contributed by atoms with Crippen molar-refractivity contribution in [2.24, 2.45) is 5.41 Å². The van der Waals surface area contributed by atoms with E-state index in [4.69, 9.17) is 5.26 Å². The van der Waals surface area contributed by atoms with E-state index in [2.05, 4.69) is 66.8 Å². The Balaban J connectivity index is 1.50.